The lowest BCUT2D eigenvalue weighted by Crippen LogP contribution is -2.27. The maximum Gasteiger partial charge on any atom is 0.241 e. The zero-order chi connectivity index (χ0) is 18.6. The van der Waals surface area contributed by atoms with Gasteiger partial charge in [0.25, 0.3) is 0 Å². The Bertz CT molecular complexity index is 867. The third-order valence-electron chi connectivity index (χ3n) is 3.50. The quantitative estimate of drug-likeness (QED) is 0.823. The van der Waals surface area contributed by atoms with Gasteiger partial charge in [-0.05, 0) is 36.8 Å². The van der Waals surface area contributed by atoms with E-state index in [1.807, 2.05) is 0 Å². The maximum absolute atomic E-state index is 13.0. The first-order valence-electron chi connectivity index (χ1n) is 7.46. The Morgan fingerprint density at radius 3 is 2.36 bits per heavy atom. The zero-order valence-electron chi connectivity index (χ0n) is 14.0. The number of anilines is 1. The van der Waals surface area contributed by atoms with E-state index in [1.54, 1.807) is 6.92 Å². The Morgan fingerprint density at radius 2 is 1.80 bits per heavy atom. The van der Waals surface area contributed by atoms with E-state index in [-0.39, 0.29) is 16.6 Å². The average molecular weight is 366 g/mol. The Morgan fingerprint density at radius 1 is 1.16 bits per heavy atom. The normalized spacial score (nSPS) is 12.5. The van der Waals surface area contributed by atoms with Crippen LogP contribution in [0.15, 0.2) is 47.4 Å². The second-order valence-electron chi connectivity index (χ2n) is 5.44. The first-order valence-corrected chi connectivity index (χ1v) is 8.94. The number of ether oxygens (including phenoxy) is 1. The lowest BCUT2D eigenvalue weighted by molar-refractivity contribution is -0.114. The number of carbonyl (C=O) groups is 1. The van der Waals surface area contributed by atoms with Crippen molar-refractivity contribution in [2.45, 2.75) is 24.8 Å². The fourth-order valence-corrected chi connectivity index (χ4v) is 3.50. The maximum atomic E-state index is 13.0. The van der Waals surface area contributed by atoms with Crippen LogP contribution in [0.25, 0.3) is 0 Å². The number of sulfonamides is 1. The van der Waals surface area contributed by atoms with Crippen LogP contribution in [0.2, 0.25) is 0 Å². The van der Waals surface area contributed by atoms with Crippen LogP contribution in [0.4, 0.5) is 10.1 Å². The summed E-state index contributed by atoms with van der Waals surface area (Å²) in [5.41, 5.74) is 1.01. The largest absolute Gasteiger partial charge is 0.495 e. The number of methoxy groups -OCH3 is 1. The van der Waals surface area contributed by atoms with Crippen molar-refractivity contribution in [3.05, 3.63) is 53.8 Å². The molecule has 0 bridgehead atoms. The Hall–Kier alpha value is -2.45. The van der Waals surface area contributed by atoms with Crippen LogP contribution in [-0.2, 0) is 14.8 Å². The smallest absolute Gasteiger partial charge is 0.241 e. The van der Waals surface area contributed by atoms with E-state index in [4.69, 9.17) is 4.74 Å². The van der Waals surface area contributed by atoms with Gasteiger partial charge in [-0.2, -0.15) is 0 Å². The standard InChI is InChI=1S/C17H19FN2O4S/c1-11(13-4-6-14(18)7-5-13)20-25(22,23)15-8-9-16(19-12(2)21)17(10-15)24-3/h4-11,20H,1-3H3,(H,19,21)/t11-/m1/s1. The molecule has 1 amide bonds. The molecule has 0 aliphatic rings. The highest BCUT2D eigenvalue weighted by Crippen LogP contribution is 2.28. The van der Waals surface area contributed by atoms with Gasteiger partial charge < -0.3 is 10.1 Å². The lowest BCUT2D eigenvalue weighted by atomic mass is 10.1. The van der Waals surface area contributed by atoms with Crippen molar-refractivity contribution in [3.63, 3.8) is 0 Å². The minimum Gasteiger partial charge on any atom is -0.495 e. The van der Waals surface area contributed by atoms with Gasteiger partial charge in [-0.1, -0.05) is 12.1 Å². The number of benzene rings is 2. The molecule has 25 heavy (non-hydrogen) atoms. The zero-order valence-corrected chi connectivity index (χ0v) is 14.9. The molecule has 2 rings (SSSR count). The third kappa shape index (κ3) is 4.77. The van der Waals surface area contributed by atoms with Gasteiger partial charge in [-0.25, -0.2) is 17.5 Å². The molecule has 0 heterocycles. The molecule has 2 N–H and O–H groups in total. The summed E-state index contributed by atoms with van der Waals surface area (Å²) in [6.45, 7) is 3.00. The number of hydrogen-bond acceptors (Lipinski definition) is 4. The van der Waals surface area contributed by atoms with Crippen molar-refractivity contribution < 1.29 is 22.3 Å². The third-order valence-corrected chi connectivity index (χ3v) is 5.03. The Kier molecular flexibility index (Phi) is 5.76. The molecular weight excluding hydrogens is 347 g/mol. The van der Waals surface area contributed by atoms with Crippen LogP contribution >= 0.6 is 0 Å². The SMILES string of the molecule is COc1cc(S(=O)(=O)N[C@H](C)c2ccc(F)cc2)ccc1NC(C)=O. The van der Waals surface area contributed by atoms with E-state index >= 15 is 0 Å². The van der Waals surface area contributed by atoms with E-state index in [9.17, 15) is 17.6 Å². The molecule has 2 aromatic carbocycles. The molecule has 0 fully saturated rings. The van der Waals surface area contributed by atoms with Gasteiger partial charge in [0.2, 0.25) is 15.9 Å². The summed E-state index contributed by atoms with van der Waals surface area (Å²) in [6.07, 6.45) is 0. The van der Waals surface area contributed by atoms with Crippen LogP contribution in [0.3, 0.4) is 0 Å². The minimum absolute atomic E-state index is 0.00702. The molecule has 0 aliphatic heterocycles. The fraction of sp³-hybridized carbons (Fsp3) is 0.235. The van der Waals surface area contributed by atoms with Crippen molar-refractivity contribution in [2.24, 2.45) is 0 Å². The average Bonchev–Trinajstić information content (AvgIpc) is 2.54. The molecule has 6 nitrogen and oxygen atoms in total. The highest BCUT2D eigenvalue weighted by Gasteiger charge is 2.20. The molecule has 0 saturated heterocycles. The van der Waals surface area contributed by atoms with E-state index in [1.165, 1.54) is 56.5 Å². The van der Waals surface area contributed by atoms with E-state index in [2.05, 4.69) is 10.0 Å². The van der Waals surface area contributed by atoms with Crippen molar-refractivity contribution in [3.8, 4) is 5.75 Å². The summed E-state index contributed by atoms with van der Waals surface area (Å²) >= 11 is 0. The summed E-state index contributed by atoms with van der Waals surface area (Å²) in [4.78, 5) is 11.2. The van der Waals surface area contributed by atoms with Gasteiger partial charge in [-0.15, -0.1) is 0 Å². The van der Waals surface area contributed by atoms with Crippen LogP contribution in [-0.4, -0.2) is 21.4 Å². The van der Waals surface area contributed by atoms with Gasteiger partial charge in [0, 0.05) is 19.0 Å². The summed E-state index contributed by atoms with van der Waals surface area (Å²) in [7, 11) is -2.45. The predicted molar refractivity (Wildman–Crippen MR) is 92.4 cm³/mol. The number of halogens is 1. The van der Waals surface area contributed by atoms with E-state index < -0.39 is 21.9 Å². The summed E-state index contributed by atoms with van der Waals surface area (Å²) in [6, 6.07) is 9.17. The molecule has 1 atom stereocenters. The molecule has 2 aromatic rings. The molecule has 0 aromatic heterocycles. The number of hydrogen-bond donors (Lipinski definition) is 2. The highest BCUT2D eigenvalue weighted by molar-refractivity contribution is 7.89. The van der Waals surface area contributed by atoms with Crippen molar-refractivity contribution in [1.82, 2.24) is 4.72 Å². The second-order valence-corrected chi connectivity index (χ2v) is 7.15. The molecule has 134 valence electrons. The van der Waals surface area contributed by atoms with E-state index in [0.717, 1.165) is 0 Å². The number of nitrogens with one attached hydrogen (secondary N) is 2. The topological polar surface area (TPSA) is 84.5 Å². The Balaban J connectivity index is 2.26. The van der Waals surface area contributed by atoms with Crippen molar-refractivity contribution >= 4 is 21.6 Å². The van der Waals surface area contributed by atoms with Crippen molar-refractivity contribution in [2.75, 3.05) is 12.4 Å². The molecule has 0 saturated carbocycles. The Labute approximate surface area is 146 Å². The summed E-state index contributed by atoms with van der Waals surface area (Å²) < 4.78 is 45.8. The van der Waals surface area contributed by atoms with Gasteiger partial charge in [0.05, 0.1) is 17.7 Å². The molecule has 0 radical (unpaired) electrons. The fourth-order valence-electron chi connectivity index (χ4n) is 2.25. The monoisotopic (exact) mass is 366 g/mol. The predicted octanol–water partition coefficient (Wildman–Crippen LogP) is 2.83. The van der Waals surface area contributed by atoms with Crippen LogP contribution in [0.1, 0.15) is 25.5 Å². The first kappa shape index (κ1) is 18.9. The summed E-state index contributed by atoms with van der Waals surface area (Å²) in [5, 5.41) is 2.56. The lowest BCUT2D eigenvalue weighted by Gasteiger charge is -2.16. The van der Waals surface area contributed by atoms with Gasteiger partial charge in [0.1, 0.15) is 11.6 Å². The molecule has 0 spiro atoms. The molecular formula is C17H19FN2O4S. The van der Waals surface area contributed by atoms with Crippen LogP contribution in [0, 0.1) is 5.82 Å². The second kappa shape index (κ2) is 7.62. The number of carbonyl (C=O) groups excluding carboxylic acids is 1. The molecule has 0 unspecified atom stereocenters. The van der Waals surface area contributed by atoms with Crippen LogP contribution in [0.5, 0.6) is 5.75 Å². The number of amides is 1. The number of rotatable bonds is 6. The van der Waals surface area contributed by atoms with E-state index in [0.29, 0.717) is 11.3 Å². The minimum atomic E-state index is -3.83. The van der Waals surface area contributed by atoms with Gasteiger partial charge in [-0.3, -0.25) is 4.79 Å². The molecule has 8 heteroatoms. The van der Waals surface area contributed by atoms with Gasteiger partial charge in [0.15, 0.2) is 0 Å². The highest BCUT2D eigenvalue weighted by atomic mass is 32.2. The van der Waals surface area contributed by atoms with Crippen LogP contribution < -0.4 is 14.8 Å². The van der Waals surface area contributed by atoms with Crippen molar-refractivity contribution in [1.29, 1.82) is 0 Å². The van der Waals surface area contributed by atoms with Gasteiger partial charge >= 0.3 is 0 Å². The summed E-state index contributed by atoms with van der Waals surface area (Å²) in [5.74, 6) is -0.457. The first-order chi connectivity index (χ1) is 11.7. The molecule has 0 aliphatic carbocycles.